The lowest BCUT2D eigenvalue weighted by molar-refractivity contribution is -1.02. The molecule has 2 rings (SSSR count). The lowest BCUT2D eigenvalue weighted by atomic mass is 10.2. The second kappa shape index (κ2) is 5.77. The average molecular weight is 242 g/mol. The van der Waals surface area contributed by atoms with Crippen LogP contribution in [0.2, 0.25) is 0 Å². The van der Waals surface area contributed by atoms with Gasteiger partial charge in [-0.15, -0.1) is 11.3 Å². The van der Waals surface area contributed by atoms with Crippen molar-refractivity contribution in [1.82, 2.24) is 0 Å². The number of aliphatic hydroxyl groups excluding tert-OH is 1. The van der Waals surface area contributed by atoms with Crippen LogP contribution in [0.5, 0.6) is 0 Å². The molecular weight excluding hydrogens is 220 g/mol. The lowest BCUT2D eigenvalue weighted by Crippen LogP contribution is -3.27. The fourth-order valence-corrected chi connectivity index (χ4v) is 3.33. The number of aryl methyl sites for hydroxylation is 1. The molecule has 1 saturated heterocycles. The number of hydrogen-bond acceptors (Lipinski definition) is 2. The quantitative estimate of drug-likeness (QED) is 0.579. The van der Waals surface area contributed by atoms with Crippen LogP contribution in [0.15, 0.2) is 11.4 Å². The molecule has 0 radical (unpaired) electrons. The van der Waals surface area contributed by atoms with Crippen LogP contribution in [0.1, 0.15) is 10.4 Å². The molecule has 1 aromatic rings. The predicted octanol–water partition coefficient (Wildman–Crippen LogP) is -1.67. The second-order valence-corrected chi connectivity index (χ2v) is 5.68. The summed E-state index contributed by atoms with van der Waals surface area (Å²) in [7, 11) is 0. The molecule has 0 aliphatic carbocycles. The highest BCUT2D eigenvalue weighted by atomic mass is 32.1. The van der Waals surface area contributed by atoms with Gasteiger partial charge in [-0.25, -0.2) is 0 Å². The van der Waals surface area contributed by atoms with Gasteiger partial charge < -0.3 is 14.9 Å². The van der Waals surface area contributed by atoms with Crippen molar-refractivity contribution in [2.75, 3.05) is 39.3 Å². The Hall–Kier alpha value is -0.420. The van der Waals surface area contributed by atoms with Gasteiger partial charge in [0.15, 0.2) is 0 Å². The van der Waals surface area contributed by atoms with E-state index in [0.717, 1.165) is 6.54 Å². The van der Waals surface area contributed by atoms with Crippen LogP contribution in [0.3, 0.4) is 0 Å². The molecule has 0 aromatic carbocycles. The maximum absolute atomic E-state index is 8.90. The summed E-state index contributed by atoms with van der Waals surface area (Å²) in [5, 5.41) is 11.1. The van der Waals surface area contributed by atoms with Crippen LogP contribution in [-0.2, 0) is 6.54 Å². The first kappa shape index (κ1) is 12.0. The minimum atomic E-state index is 0.328. The van der Waals surface area contributed by atoms with Crippen LogP contribution < -0.4 is 9.80 Å². The number of piperazine rings is 1. The molecule has 0 amide bonds. The van der Waals surface area contributed by atoms with Crippen LogP contribution in [0, 0.1) is 6.92 Å². The van der Waals surface area contributed by atoms with Gasteiger partial charge in [-0.1, -0.05) is 0 Å². The van der Waals surface area contributed by atoms with E-state index in [1.165, 1.54) is 38.3 Å². The van der Waals surface area contributed by atoms with Gasteiger partial charge in [0.1, 0.15) is 39.3 Å². The zero-order valence-electron chi connectivity index (χ0n) is 9.96. The number of quaternary nitrogens is 2. The molecule has 3 N–H and O–H groups in total. The Kier molecular flexibility index (Phi) is 4.35. The van der Waals surface area contributed by atoms with Gasteiger partial charge in [-0.05, 0) is 23.9 Å². The van der Waals surface area contributed by atoms with Crippen LogP contribution in [0.25, 0.3) is 0 Å². The molecule has 1 aromatic heterocycles. The summed E-state index contributed by atoms with van der Waals surface area (Å²) >= 11 is 1.89. The fourth-order valence-electron chi connectivity index (χ4n) is 2.35. The van der Waals surface area contributed by atoms with E-state index in [-0.39, 0.29) is 0 Å². The molecule has 0 atom stereocenters. The van der Waals surface area contributed by atoms with Crippen molar-refractivity contribution in [2.24, 2.45) is 0 Å². The Morgan fingerprint density at radius 1 is 1.25 bits per heavy atom. The van der Waals surface area contributed by atoms with Gasteiger partial charge in [0.2, 0.25) is 0 Å². The molecule has 3 nitrogen and oxygen atoms in total. The zero-order chi connectivity index (χ0) is 11.4. The Morgan fingerprint density at radius 2 is 1.94 bits per heavy atom. The molecule has 4 heteroatoms. The van der Waals surface area contributed by atoms with E-state index in [1.54, 1.807) is 14.7 Å². The third-order valence-electron chi connectivity index (χ3n) is 3.51. The number of hydrogen-bond donors (Lipinski definition) is 3. The SMILES string of the molecule is Cc1ccsc1C[NH+]1CC[NH+](CCO)CC1. The number of nitrogens with one attached hydrogen (secondary N) is 2. The summed E-state index contributed by atoms with van der Waals surface area (Å²) in [6, 6.07) is 2.21. The van der Waals surface area contributed by atoms with Crippen molar-refractivity contribution in [3.63, 3.8) is 0 Å². The Balaban J connectivity index is 1.79. The van der Waals surface area contributed by atoms with Crippen molar-refractivity contribution in [3.8, 4) is 0 Å². The molecule has 0 spiro atoms. The van der Waals surface area contributed by atoms with Gasteiger partial charge in [0.25, 0.3) is 0 Å². The second-order valence-electron chi connectivity index (χ2n) is 4.68. The number of rotatable bonds is 4. The summed E-state index contributed by atoms with van der Waals surface area (Å²) in [5.74, 6) is 0. The van der Waals surface area contributed by atoms with Crippen molar-refractivity contribution < 1.29 is 14.9 Å². The van der Waals surface area contributed by atoms with E-state index in [0.29, 0.717) is 6.61 Å². The molecule has 1 aliphatic heterocycles. The molecule has 1 aliphatic rings. The van der Waals surface area contributed by atoms with E-state index >= 15 is 0 Å². The molecule has 0 unspecified atom stereocenters. The van der Waals surface area contributed by atoms with Crippen molar-refractivity contribution >= 4 is 11.3 Å². The normalized spacial score (nSPS) is 25.9. The Labute approximate surface area is 101 Å². The summed E-state index contributed by atoms with van der Waals surface area (Å²) in [4.78, 5) is 4.81. The predicted molar refractivity (Wildman–Crippen MR) is 66.1 cm³/mol. The molecule has 2 heterocycles. The third kappa shape index (κ3) is 3.04. The first-order chi connectivity index (χ1) is 7.79. The Morgan fingerprint density at radius 3 is 2.50 bits per heavy atom. The highest BCUT2D eigenvalue weighted by Gasteiger charge is 2.22. The van der Waals surface area contributed by atoms with Crippen LogP contribution in [-0.4, -0.2) is 44.4 Å². The van der Waals surface area contributed by atoms with Gasteiger partial charge in [0, 0.05) is 0 Å². The monoisotopic (exact) mass is 242 g/mol. The van der Waals surface area contributed by atoms with Gasteiger partial charge in [-0.3, -0.25) is 0 Å². The number of aliphatic hydroxyl groups is 1. The largest absolute Gasteiger partial charge is 0.391 e. The van der Waals surface area contributed by atoms with E-state index in [1.807, 2.05) is 11.3 Å². The molecule has 0 saturated carbocycles. The van der Waals surface area contributed by atoms with Crippen molar-refractivity contribution in [2.45, 2.75) is 13.5 Å². The third-order valence-corrected chi connectivity index (χ3v) is 4.53. The van der Waals surface area contributed by atoms with E-state index < -0.39 is 0 Å². The summed E-state index contributed by atoms with van der Waals surface area (Å²) in [6.45, 7) is 9.55. The summed E-state index contributed by atoms with van der Waals surface area (Å²) in [6.07, 6.45) is 0. The summed E-state index contributed by atoms with van der Waals surface area (Å²) < 4.78 is 0. The lowest BCUT2D eigenvalue weighted by Gasteiger charge is -2.29. The molecular formula is C12H22N2OS+2. The van der Waals surface area contributed by atoms with Crippen LogP contribution >= 0.6 is 11.3 Å². The number of thiophene rings is 1. The minimum absolute atomic E-state index is 0.328. The molecule has 90 valence electrons. The molecule has 0 bridgehead atoms. The van der Waals surface area contributed by atoms with Gasteiger partial charge in [0.05, 0.1) is 11.5 Å². The van der Waals surface area contributed by atoms with Crippen LogP contribution in [0.4, 0.5) is 0 Å². The van der Waals surface area contributed by atoms with E-state index in [9.17, 15) is 0 Å². The molecule has 16 heavy (non-hydrogen) atoms. The standard InChI is InChI=1S/C12H20N2OS/c1-11-2-9-16-12(11)10-14-5-3-13(4-6-14)7-8-15/h2,9,15H,3-8,10H2,1H3/p+2. The van der Waals surface area contributed by atoms with Crippen molar-refractivity contribution in [3.05, 3.63) is 21.9 Å². The maximum Gasteiger partial charge on any atom is 0.127 e. The average Bonchev–Trinajstić information content (AvgIpc) is 2.68. The van der Waals surface area contributed by atoms with Gasteiger partial charge in [-0.2, -0.15) is 0 Å². The zero-order valence-corrected chi connectivity index (χ0v) is 10.8. The first-order valence-corrected chi connectivity index (χ1v) is 6.98. The van der Waals surface area contributed by atoms with E-state index in [2.05, 4.69) is 18.4 Å². The molecule has 1 fully saturated rings. The van der Waals surface area contributed by atoms with Gasteiger partial charge >= 0.3 is 0 Å². The first-order valence-electron chi connectivity index (χ1n) is 6.10. The maximum atomic E-state index is 8.90. The minimum Gasteiger partial charge on any atom is -0.391 e. The van der Waals surface area contributed by atoms with Crippen molar-refractivity contribution in [1.29, 1.82) is 0 Å². The smallest absolute Gasteiger partial charge is 0.127 e. The highest BCUT2D eigenvalue weighted by Crippen LogP contribution is 2.13. The topological polar surface area (TPSA) is 29.1 Å². The highest BCUT2D eigenvalue weighted by molar-refractivity contribution is 7.10. The van der Waals surface area contributed by atoms with E-state index in [4.69, 9.17) is 5.11 Å². The Bertz CT molecular complexity index is 319. The fraction of sp³-hybridized carbons (Fsp3) is 0.667. The summed E-state index contributed by atoms with van der Waals surface area (Å²) in [5.41, 5.74) is 1.45.